The molecule has 1 fully saturated rings. The standard InChI is InChI=1S/C16H15N3O5/c20-15-13(19(22)23)4-3-12-11-6-10(8-18(12)15)7-17(9-11)16(21)14-2-1-5-24-14/h1-5,10-11H,6-9H2/t10-,11+/m0/s1. The molecule has 4 heterocycles. The predicted octanol–water partition coefficient (Wildman–Crippen LogP) is 1.61. The van der Waals surface area contributed by atoms with Gasteiger partial charge in [0.1, 0.15) is 0 Å². The highest BCUT2D eigenvalue weighted by atomic mass is 16.6. The van der Waals surface area contributed by atoms with Crippen LogP contribution in [-0.4, -0.2) is 33.4 Å². The lowest BCUT2D eigenvalue weighted by Crippen LogP contribution is -2.49. The van der Waals surface area contributed by atoms with Crippen LogP contribution < -0.4 is 5.56 Å². The molecule has 2 aliphatic rings. The van der Waals surface area contributed by atoms with Crippen LogP contribution in [0.5, 0.6) is 0 Å². The maximum absolute atomic E-state index is 12.5. The fraction of sp³-hybridized carbons (Fsp3) is 0.375. The molecule has 1 saturated heterocycles. The zero-order valence-corrected chi connectivity index (χ0v) is 12.8. The number of rotatable bonds is 2. The van der Waals surface area contributed by atoms with Crippen molar-refractivity contribution in [1.29, 1.82) is 0 Å². The minimum Gasteiger partial charge on any atom is -0.459 e. The molecule has 0 spiro atoms. The third-order valence-corrected chi connectivity index (χ3v) is 4.80. The highest BCUT2D eigenvalue weighted by molar-refractivity contribution is 5.91. The minimum absolute atomic E-state index is 0.00455. The summed E-state index contributed by atoms with van der Waals surface area (Å²) >= 11 is 0. The molecule has 2 bridgehead atoms. The number of hydrogen-bond donors (Lipinski definition) is 0. The van der Waals surface area contributed by atoms with Crippen molar-refractivity contribution in [3.8, 4) is 0 Å². The molecule has 0 unspecified atom stereocenters. The molecular formula is C16H15N3O5. The number of likely N-dealkylation sites (tertiary alicyclic amines) is 1. The summed E-state index contributed by atoms with van der Waals surface area (Å²) in [6, 6.07) is 6.21. The van der Waals surface area contributed by atoms with Crippen LogP contribution in [0.1, 0.15) is 28.6 Å². The summed E-state index contributed by atoms with van der Waals surface area (Å²) in [6.45, 7) is 1.40. The number of pyridine rings is 1. The van der Waals surface area contributed by atoms with E-state index in [9.17, 15) is 19.7 Å². The van der Waals surface area contributed by atoms with Gasteiger partial charge in [-0.15, -0.1) is 0 Å². The summed E-state index contributed by atoms with van der Waals surface area (Å²) in [5, 5.41) is 11.0. The summed E-state index contributed by atoms with van der Waals surface area (Å²) in [5.41, 5.74) is -0.195. The average molecular weight is 329 g/mol. The first-order valence-corrected chi connectivity index (χ1v) is 7.75. The Morgan fingerprint density at radius 3 is 2.79 bits per heavy atom. The first-order chi connectivity index (χ1) is 11.5. The lowest BCUT2D eigenvalue weighted by atomic mass is 9.83. The highest BCUT2D eigenvalue weighted by Gasteiger charge is 2.38. The van der Waals surface area contributed by atoms with Crippen LogP contribution in [0.3, 0.4) is 0 Å². The fourth-order valence-electron chi connectivity index (χ4n) is 3.80. The molecule has 0 N–H and O–H groups in total. The topological polar surface area (TPSA) is 98.6 Å². The Hall–Kier alpha value is -2.90. The average Bonchev–Trinajstić information content (AvgIpc) is 3.09. The Balaban J connectivity index is 1.67. The van der Waals surface area contributed by atoms with E-state index in [1.54, 1.807) is 23.1 Å². The van der Waals surface area contributed by atoms with E-state index in [4.69, 9.17) is 4.42 Å². The smallest absolute Gasteiger partial charge is 0.334 e. The Labute approximate surface area is 136 Å². The number of piperidine rings is 1. The summed E-state index contributed by atoms with van der Waals surface area (Å²) in [7, 11) is 0. The molecule has 24 heavy (non-hydrogen) atoms. The molecule has 2 atom stereocenters. The summed E-state index contributed by atoms with van der Waals surface area (Å²) in [4.78, 5) is 36.9. The van der Waals surface area contributed by atoms with E-state index in [0.29, 0.717) is 25.4 Å². The molecule has 0 aromatic carbocycles. The molecule has 8 nitrogen and oxygen atoms in total. The Morgan fingerprint density at radius 1 is 1.25 bits per heavy atom. The minimum atomic E-state index is -0.646. The molecule has 0 radical (unpaired) electrons. The third kappa shape index (κ3) is 2.22. The molecule has 2 aromatic rings. The third-order valence-electron chi connectivity index (χ3n) is 4.80. The van der Waals surface area contributed by atoms with Crippen molar-refractivity contribution >= 4 is 11.6 Å². The second kappa shape index (κ2) is 5.33. The zero-order valence-electron chi connectivity index (χ0n) is 12.8. The van der Waals surface area contributed by atoms with Gasteiger partial charge in [-0.1, -0.05) is 0 Å². The predicted molar refractivity (Wildman–Crippen MR) is 82.8 cm³/mol. The van der Waals surface area contributed by atoms with E-state index >= 15 is 0 Å². The van der Waals surface area contributed by atoms with Crippen LogP contribution in [0.2, 0.25) is 0 Å². The number of nitrogens with zero attached hydrogens (tertiary/aromatic N) is 3. The Bertz CT molecular complexity index is 870. The number of amides is 1. The number of fused-ring (bicyclic) bond motifs is 4. The van der Waals surface area contributed by atoms with Crippen LogP contribution in [0.4, 0.5) is 5.69 Å². The normalized spacial score (nSPS) is 22.1. The largest absolute Gasteiger partial charge is 0.459 e. The van der Waals surface area contributed by atoms with Crippen molar-refractivity contribution in [2.45, 2.75) is 18.9 Å². The summed E-state index contributed by atoms with van der Waals surface area (Å²) < 4.78 is 6.69. The van der Waals surface area contributed by atoms with Crippen molar-refractivity contribution in [1.82, 2.24) is 9.47 Å². The Kier molecular flexibility index (Phi) is 3.26. The van der Waals surface area contributed by atoms with Gasteiger partial charge >= 0.3 is 11.2 Å². The van der Waals surface area contributed by atoms with Gasteiger partial charge in [-0.3, -0.25) is 19.7 Å². The zero-order chi connectivity index (χ0) is 16.8. The second-order valence-corrected chi connectivity index (χ2v) is 6.30. The van der Waals surface area contributed by atoms with Gasteiger partial charge in [-0.2, -0.15) is 0 Å². The lowest BCUT2D eigenvalue weighted by Gasteiger charge is -2.42. The number of nitro groups is 1. The quantitative estimate of drug-likeness (QED) is 0.616. The molecule has 8 heteroatoms. The molecule has 124 valence electrons. The number of carbonyl (C=O) groups is 1. The van der Waals surface area contributed by atoms with Crippen LogP contribution in [0, 0.1) is 16.0 Å². The van der Waals surface area contributed by atoms with Gasteiger partial charge in [0.15, 0.2) is 5.76 Å². The summed E-state index contributed by atoms with van der Waals surface area (Å²) in [5.74, 6) is 0.253. The fourth-order valence-corrected chi connectivity index (χ4v) is 3.80. The molecule has 4 rings (SSSR count). The van der Waals surface area contributed by atoms with Gasteiger partial charge in [0.05, 0.1) is 11.2 Å². The van der Waals surface area contributed by atoms with E-state index in [1.807, 2.05) is 0 Å². The maximum atomic E-state index is 12.5. The van der Waals surface area contributed by atoms with E-state index in [0.717, 1.165) is 12.1 Å². The highest BCUT2D eigenvalue weighted by Crippen LogP contribution is 2.36. The van der Waals surface area contributed by atoms with Gasteiger partial charge in [-0.05, 0) is 30.5 Å². The number of aromatic nitrogens is 1. The van der Waals surface area contributed by atoms with Gasteiger partial charge in [-0.25, -0.2) is 0 Å². The van der Waals surface area contributed by atoms with E-state index < -0.39 is 16.2 Å². The van der Waals surface area contributed by atoms with Gasteiger partial charge in [0.25, 0.3) is 5.91 Å². The van der Waals surface area contributed by atoms with Crippen LogP contribution in [0.15, 0.2) is 39.7 Å². The van der Waals surface area contributed by atoms with Crippen molar-refractivity contribution < 1.29 is 14.1 Å². The van der Waals surface area contributed by atoms with Gasteiger partial charge < -0.3 is 13.9 Å². The SMILES string of the molecule is O=C(c1ccco1)N1C[C@@H]2C[C@H](C1)c1ccc([N+](=O)[O-])c(=O)n1C2. The van der Waals surface area contributed by atoms with Crippen LogP contribution in [0.25, 0.3) is 0 Å². The molecule has 2 aliphatic heterocycles. The monoisotopic (exact) mass is 329 g/mol. The summed E-state index contributed by atoms with van der Waals surface area (Å²) in [6.07, 6.45) is 2.34. The molecule has 0 saturated carbocycles. The molecule has 2 aromatic heterocycles. The molecule has 1 amide bonds. The van der Waals surface area contributed by atoms with Crippen molar-refractivity contribution in [3.05, 3.63) is 62.5 Å². The van der Waals surface area contributed by atoms with E-state index in [1.165, 1.54) is 16.9 Å². The first kappa shape index (κ1) is 14.7. The van der Waals surface area contributed by atoms with Crippen molar-refractivity contribution in [2.24, 2.45) is 5.92 Å². The van der Waals surface area contributed by atoms with Gasteiger partial charge in [0.2, 0.25) is 0 Å². The van der Waals surface area contributed by atoms with Crippen LogP contribution in [-0.2, 0) is 6.54 Å². The van der Waals surface area contributed by atoms with Gasteiger partial charge in [0, 0.05) is 37.3 Å². The molecule has 0 aliphatic carbocycles. The molecular weight excluding hydrogens is 314 g/mol. The first-order valence-electron chi connectivity index (χ1n) is 7.75. The lowest BCUT2D eigenvalue weighted by molar-refractivity contribution is -0.386. The van der Waals surface area contributed by atoms with Crippen LogP contribution >= 0.6 is 0 Å². The second-order valence-electron chi connectivity index (χ2n) is 6.30. The number of furan rings is 1. The van der Waals surface area contributed by atoms with Crippen molar-refractivity contribution in [3.63, 3.8) is 0 Å². The number of carbonyl (C=O) groups excluding carboxylic acids is 1. The van der Waals surface area contributed by atoms with E-state index in [2.05, 4.69) is 0 Å². The van der Waals surface area contributed by atoms with E-state index in [-0.39, 0.29) is 17.7 Å². The Morgan fingerprint density at radius 2 is 2.08 bits per heavy atom. The van der Waals surface area contributed by atoms with Crippen molar-refractivity contribution in [2.75, 3.05) is 13.1 Å². The number of hydrogen-bond acceptors (Lipinski definition) is 5. The maximum Gasteiger partial charge on any atom is 0.334 e.